The summed E-state index contributed by atoms with van der Waals surface area (Å²) in [7, 11) is 0. The van der Waals surface area contributed by atoms with Crippen molar-refractivity contribution in [2.75, 3.05) is 4.90 Å². The van der Waals surface area contributed by atoms with E-state index in [2.05, 4.69) is 15.0 Å². The van der Waals surface area contributed by atoms with E-state index in [1.54, 1.807) is 11.1 Å². The smallest absolute Gasteiger partial charge is 0.346 e. The standard InChI is InChI=1S/C12H9F3N4/c13-12(14,15)9-2-1-3-17-11(9)19-5-8-4-16-7-18-10(8)6-19/h1-4,7H,5-6H2. The first-order chi connectivity index (χ1) is 9.05. The number of alkyl halides is 3. The summed E-state index contributed by atoms with van der Waals surface area (Å²) in [5.74, 6) is -0.0620. The summed E-state index contributed by atoms with van der Waals surface area (Å²) in [5.41, 5.74) is 0.853. The molecule has 3 heterocycles. The second-order valence-corrected chi connectivity index (χ2v) is 4.22. The van der Waals surface area contributed by atoms with Crippen molar-refractivity contribution in [2.45, 2.75) is 19.3 Å². The van der Waals surface area contributed by atoms with Crippen molar-refractivity contribution >= 4 is 5.82 Å². The summed E-state index contributed by atoms with van der Waals surface area (Å²) in [6.45, 7) is 0.661. The van der Waals surface area contributed by atoms with Gasteiger partial charge in [0, 0.05) is 24.5 Å². The van der Waals surface area contributed by atoms with Crippen molar-refractivity contribution in [3.8, 4) is 0 Å². The number of hydrogen-bond donors (Lipinski definition) is 0. The minimum atomic E-state index is -4.41. The number of fused-ring (bicyclic) bond motifs is 1. The third-order valence-electron chi connectivity index (χ3n) is 2.97. The van der Waals surface area contributed by atoms with Crippen molar-refractivity contribution in [3.05, 3.63) is 47.7 Å². The lowest BCUT2D eigenvalue weighted by molar-refractivity contribution is -0.137. The minimum Gasteiger partial charge on any atom is -0.346 e. The second kappa shape index (κ2) is 4.18. The molecule has 4 nitrogen and oxygen atoms in total. The van der Waals surface area contributed by atoms with Gasteiger partial charge in [0.2, 0.25) is 0 Å². The van der Waals surface area contributed by atoms with Crippen LogP contribution in [0.4, 0.5) is 19.0 Å². The maximum atomic E-state index is 12.9. The number of nitrogens with zero attached hydrogens (tertiary/aromatic N) is 4. The highest BCUT2D eigenvalue weighted by Gasteiger charge is 2.36. The lowest BCUT2D eigenvalue weighted by atomic mass is 10.2. The van der Waals surface area contributed by atoms with Gasteiger partial charge >= 0.3 is 6.18 Å². The molecular formula is C12H9F3N4. The Labute approximate surface area is 106 Å². The molecule has 0 aliphatic carbocycles. The van der Waals surface area contributed by atoms with Crippen molar-refractivity contribution in [3.63, 3.8) is 0 Å². The molecule has 98 valence electrons. The van der Waals surface area contributed by atoms with Gasteiger partial charge in [-0.1, -0.05) is 0 Å². The molecule has 0 spiro atoms. The zero-order valence-corrected chi connectivity index (χ0v) is 9.72. The normalized spacial score (nSPS) is 14.6. The first kappa shape index (κ1) is 11.9. The predicted molar refractivity (Wildman–Crippen MR) is 61.2 cm³/mol. The Morgan fingerprint density at radius 1 is 1.16 bits per heavy atom. The molecule has 0 radical (unpaired) electrons. The van der Waals surface area contributed by atoms with Gasteiger partial charge in [0.25, 0.3) is 0 Å². The van der Waals surface area contributed by atoms with E-state index in [-0.39, 0.29) is 5.82 Å². The topological polar surface area (TPSA) is 41.9 Å². The number of rotatable bonds is 1. The lowest BCUT2D eigenvalue weighted by Crippen LogP contribution is -2.21. The molecule has 0 atom stereocenters. The van der Waals surface area contributed by atoms with Gasteiger partial charge in [0.1, 0.15) is 12.1 Å². The molecule has 1 aliphatic rings. The Morgan fingerprint density at radius 2 is 2.00 bits per heavy atom. The molecule has 0 aromatic carbocycles. The Bertz CT molecular complexity index is 587. The molecule has 0 fully saturated rings. The zero-order valence-electron chi connectivity index (χ0n) is 9.72. The van der Waals surface area contributed by atoms with E-state index in [1.165, 1.54) is 18.6 Å². The van der Waals surface area contributed by atoms with Crippen LogP contribution in [-0.2, 0) is 19.3 Å². The van der Waals surface area contributed by atoms with Crippen molar-refractivity contribution < 1.29 is 13.2 Å². The molecule has 0 bridgehead atoms. The van der Waals surface area contributed by atoms with Gasteiger partial charge in [-0.3, -0.25) is 0 Å². The molecule has 2 aromatic heterocycles. The number of halogens is 3. The average Bonchev–Trinajstić information content (AvgIpc) is 2.81. The highest BCUT2D eigenvalue weighted by molar-refractivity contribution is 5.51. The quantitative estimate of drug-likeness (QED) is 0.795. The molecular weight excluding hydrogens is 257 g/mol. The predicted octanol–water partition coefficient (Wildman–Crippen LogP) is 2.41. The summed E-state index contributed by atoms with van der Waals surface area (Å²) >= 11 is 0. The molecule has 7 heteroatoms. The van der Waals surface area contributed by atoms with E-state index in [1.807, 2.05) is 0 Å². The molecule has 0 unspecified atom stereocenters. The average molecular weight is 266 g/mol. The fraction of sp³-hybridized carbons (Fsp3) is 0.250. The highest BCUT2D eigenvalue weighted by atomic mass is 19.4. The van der Waals surface area contributed by atoms with E-state index in [4.69, 9.17) is 0 Å². The molecule has 19 heavy (non-hydrogen) atoms. The van der Waals surface area contributed by atoms with Crippen LogP contribution in [0.5, 0.6) is 0 Å². The molecule has 1 aliphatic heterocycles. The van der Waals surface area contributed by atoms with Gasteiger partial charge < -0.3 is 4.90 Å². The van der Waals surface area contributed by atoms with Crippen LogP contribution in [0, 0.1) is 0 Å². The first-order valence-electron chi connectivity index (χ1n) is 5.60. The van der Waals surface area contributed by atoms with Crippen LogP contribution in [0.25, 0.3) is 0 Å². The molecule has 0 saturated carbocycles. The SMILES string of the molecule is FC(F)(F)c1cccnc1N1Cc2cncnc2C1. The molecule has 0 saturated heterocycles. The summed E-state index contributed by atoms with van der Waals surface area (Å²) in [6, 6.07) is 2.33. The van der Waals surface area contributed by atoms with Gasteiger partial charge in [-0.05, 0) is 12.1 Å². The van der Waals surface area contributed by atoms with Crippen molar-refractivity contribution in [1.29, 1.82) is 0 Å². The fourth-order valence-electron chi connectivity index (χ4n) is 2.12. The molecule has 3 rings (SSSR count). The van der Waals surface area contributed by atoms with Gasteiger partial charge in [-0.25, -0.2) is 15.0 Å². The minimum absolute atomic E-state index is 0.0620. The largest absolute Gasteiger partial charge is 0.419 e. The molecule has 2 aromatic rings. The number of pyridine rings is 1. The van der Waals surface area contributed by atoms with E-state index in [9.17, 15) is 13.2 Å². The zero-order chi connectivity index (χ0) is 13.5. The number of aromatic nitrogens is 3. The van der Waals surface area contributed by atoms with E-state index in [0.29, 0.717) is 13.1 Å². The summed E-state index contributed by atoms with van der Waals surface area (Å²) < 4.78 is 38.8. The molecule has 0 N–H and O–H groups in total. The third kappa shape index (κ3) is 2.11. The summed E-state index contributed by atoms with van der Waals surface area (Å²) in [6.07, 6.45) is -0.0345. The number of hydrogen-bond acceptors (Lipinski definition) is 4. The van der Waals surface area contributed by atoms with E-state index < -0.39 is 11.7 Å². The van der Waals surface area contributed by atoms with Crippen LogP contribution in [0.2, 0.25) is 0 Å². The highest BCUT2D eigenvalue weighted by Crippen LogP contribution is 2.37. The van der Waals surface area contributed by atoms with Crippen LogP contribution in [0.1, 0.15) is 16.8 Å². The van der Waals surface area contributed by atoms with Crippen LogP contribution >= 0.6 is 0 Å². The van der Waals surface area contributed by atoms with Crippen LogP contribution < -0.4 is 4.90 Å². The van der Waals surface area contributed by atoms with Gasteiger partial charge in [-0.15, -0.1) is 0 Å². The summed E-state index contributed by atoms with van der Waals surface area (Å²) in [5, 5.41) is 0. The Hall–Kier alpha value is -2.18. The van der Waals surface area contributed by atoms with Gasteiger partial charge in [0.05, 0.1) is 17.8 Å². The van der Waals surface area contributed by atoms with Crippen LogP contribution in [0.15, 0.2) is 30.9 Å². The maximum absolute atomic E-state index is 12.9. The Kier molecular flexibility index (Phi) is 2.62. The molecule has 0 amide bonds. The second-order valence-electron chi connectivity index (χ2n) is 4.22. The van der Waals surface area contributed by atoms with Crippen molar-refractivity contribution in [1.82, 2.24) is 15.0 Å². The lowest BCUT2D eigenvalue weighted by Gasteiger charge is -2.20. The van der Waals surface area contributed by atoms with E-state index >= 15 is 0 Å². The summed E-state index contributed by atoms with van der Waals surface area (Å²) in [4.78, 5) is 13.4. The van der Waals surface area contributed by atoms with Crippen LogP contribution in [-0.4, -0.2) is 15.0 Å². The van der Waals surface area contributed by atoms with Crippen LogP contribution in [0.3, 0.4) is 0 Å². The van der Waals surface area contributed by atoms with Gasteiger partial charge in [0.15, 0.2) is 0 Å². The first-order valence-corrected chi connectivity index (χ1v) is 5.60. The number of anilines is 1. The Morgan fingerprint density at radius 3 is 2.74 bits per heavy atom. The van der Waals surface area contributed by atoms with Gasteiger partial charge in [-0.2, -0.15) is 13.2 Å². The maximum Gasteiger partial charge on any atom is 0.419 e. The van der Waals surface area contributed by atoms with E-state index in [0.717, 1.165) is 17.3 Å². The third-order valence-corrected chi connectivity index (χ3v) is 2.97. The van der Waals surface area contributed by atoms with Crippen molar-refractivity contribution in [2.24, 2.45) is 0 Å². The fourth-order valence-corrected chi connectivity index (χ4v) is 2.12. The monoisotopic (exact) mass is 266 g/mol. The Balaban J connectivity index is 1.98.